The van der Waals surface area contributed by atoms with E-state index in [1.165, 1.54) is 26.2 Å². The first-order valence-corrected chi connectivity index (χ1v) is 3.88. The van der Waals surface area contributed by atoms with Gasteiger partial charge in [0, 0.05) is 26.2 Å². The summed E-state index contributed by atoms with van der Waals surface area (Å²) >= 11 is 0. The number of rotatable bonds is 0. The lowest BCUT2D eigenvalue weighted by atomic mass is 10.4. The fourth-order valence-electron chi connectivity index (χ4n) is 0.906. The quantitative estimate of drug-likeness (QED) is 0.520. The molecule has 0 atom stereocenters. The molecule has 1 saturated heterocycles. The van der Waals surface area contributed by atoms with Crippen molar-refractivity contribution in [3.05, 3.63) is 0 Å². The van der Waals surface area contributed by atoms with Crippen molar-refractivity contribution < 1.29 is 9.90 Å². The highest BCUT2D eigenvalue weighted by atomic mass is 16.4. The molecule has 0 unspecified atom stereocenters. The number of piperazine rings is 1. The Kier molecular flexibility index (Phi) is 5.40. The normalized spacial score (nSPS) is 19.5. The molecule has 0 aromatic carbocycles. The molecule has 1 fully saturated rings. The largest absolute Gasteiger partial charge is 0.465 e. The van der Waals surface area contributed by atoms with Gasteiger partial charge in [-0.05, 0) is 14.1 Å². The van der Waals surface area contributed by atoms with E-state index in [0.717, 1.165) is 0 Å². The van der Waals surface area contributed by atoms with Crippen molar-refractivity contribution in [3.63, 3.8) is 0 Å². The van der Waals surface area contributed by atoms with Crippen molar-refractivity contribution in [2.45, 2.75) is 0 Å². The van der Waals surface area contributed by atoms with E-state index < -0.39 is 6.09 Å². The summed E-state index contributed by atoms with van der Waals surface area (Å²) < 4.78 is 0. The second-order valence-electron chi connectivity index (χ2n) is 2.94. The number of hydrogen-bond acceptors (Lipinski definition) is 3. The smallest absolute Gasteiger partial charge is 0.402 e. The molecule has 0 aromatic heterocycles. The molecule has 0 spiro atoms. The zero-order valence-corrected chi connectivity index (χ0v) is 7.66. The monoisotopic (exact) mass is 175 g/mol. The van der Waals surface area contributed by atoms with Crippen LogP contribution < -0.4 is 5.73 Å². The third kappa shape index (κ3) is 7.30. The zero-order valence-electron chi connectivity index (χ0n) is 7.66. The van der Waals surface area contributed by atoms with Gasteiger partial charge in [0.2, 0.25) is 0 Å². The summed E-state index contributed by atoms with van der Waals surface area (Å²) in [5.74, 6) is 0. The number of carbonyl (C=O) groups is 1. The van der Waals surface area contributed by atoms with Gasteiger partial charge in [0.25, 0.3) is 0 Å². The zero-order chi connectivity index (χ0) is 9.56. The summed E-state index contributed by atoms with van der Waals surface area (Å²) in [6.45, 7) is 4.93. The molecule has 0 saturated carbocycles. The molecule has 5 heteroatoms. The van der Waals surface area contributed by atoms with Crippen LogP contribution in [0, 0.1) is 0 Å². The summed E-state index contributed by atoms with van der Waals surface area (Å²) in [6, 6.07) is 0. The van der Waals surface area contributed by atoms with Crippen LogP contribution in [0.3, 0.4) is 0 Å². The minimum Gasteiger partial charge on any atom is -0.465 e. The number of nitrogens with zero attached hydrogens (tertiary/aromatic N) is 2. The average molecular weight is 175 g/mol. The predicted octanol–water partition coefficient (Wildman–Crippen LogP) is -0.513. The van der Waals surface area contributed by atoms with E-state index in [2.05, 4.69) is 29.6 Å². The van der Waals surface area contributed by atoms with E-state index in [9.17, 15) is 0 Å². The Morgan fingerprint density at radius 2 is 1.33 bits per heavy atom. The molecule has 1 rings (SSSR count). The highest BCUT2D eigenvalue weighted by molar-refractivity contribution is 5.61. The Morgan fingerprint density at radius 1 is 1.17 bits per heavy atom. The Bertz CT molecular complexity index is 119. The maximum Gasteiger partial charge on any atom is 0.402 e. The molecule has 0 aliphatic carbocycles. The minimum absolute atomic E-state index is 1.23. The summed E-state index contributed by atoms with van der Waals surface area (Å²) in [4.78, 5) is 13.5. The highest BCUT2D eigenvalue weighted by Gasteiger charge is 2.07. The molecule has 0 radical (unpaired) electrons. The van der Waals surface area contributed by atoms with E-state index >= 15 is 0 Å². The van der Waals surface area contributed by atoms with Crippen molar-refractivity contribution >= 4 is 6.09 Å². The first-order valence-electron chi connectivity index (χ1n) is 3.88. The maximum atomic E-state index is 8.78. The molecule has 3 N–H and O–H groups in total. The van der Waals surface area contributed by atoms with Gasteiger partial charge in [-0.15, -0.1) is 0 Å². The van der Waals surface area contributed by atoms with Crippen LogP contribution in [0.15, 0.2) is 0 Å². The van der Waals surface area contributed by atoms with Crippen molar-refractivity contribution in [2.24, 2.45) is 5.73 Å². The third-order valence-electron chi connectivity index (χ3n) is 1.73. The maximum absolute atomic E-state index is 8.78. The highest BCUT2D eigenvalue weighted by Crippen LogP contribution is 1.93. The molecule has 1 heterocycles. The molecule has 1 aliphatic heterocycles. The molecular weight excluding hydrogens is 158 g/mol. The fourth-order valence-corrected chi connectivity index (χ4v) is 0.906. The van der Waals surface area contributed by atoms with E-state index in [1.807, 2.05) is 0 Å². The first-order chi connectivity index (χ1) is 5.52. The van der Waals surface area contributed by atoms with Gasteiger partial charge < -0.3 is 20.6 Å². The van der Waals surface area contributed by atoms with Crippen LogP contribution in [0.5, 0.6) is 0 Å². The van der Waals surface area contributed by atoms with Crippen LogP contribution in [0.1, 0.15) is 0 Å². The molecule has 1 aliphatic rings. The van der Waals surface area contributed by atoms with Crippen molar-refractivity contribution in [3.8, 4) is 0 Å². The molecule has 72 valence electrons. The molecule has 0 aromatic rings. The Morgan fingerprint density at radius 3 is 1.50 bits per heavy atom. The van der Waals surface area contributed by atoms with Crippen molar-refractivity contribution in [1.29, 1.82) is 0 Å². The SMILES string of the molecule is CN1CCN(C)CC1.NC(=O)O. The summed E-state index contributed by atoms with van der Waals surface area (Å²) in [7, 11) is 4.35. The van der Waals surface area contributed by atoms with Gasteiger partial charge in [-0.25, -0.2) is 4.79 Å². The second kappa shape index (κ2) is 5.79. The van der Waals surface area contributed by atoms with E-state index in [1.54, 1.807) is 0 Å². The van der Waals surface area contributed by atoms with Gasteiger partial charge in [0.1, 0.15) is 0 Å². The van der Waals surface area contributed by atoms with Gasteiger partial charge >= 0.3 is 6.09 Å². The summed E-state index contributed by atoms with van der Waals surface area (Å²) in [6.07, 6.45) is -1.33. The molecular formula is C7H17N3O2. The Hall–Kier alpha value is -0.810. The van der Waals surface area contributed by atoms with Gasteiger partial charge in [0.15, 0.2) is 0 Å². The molecule has 12 heavy (non-hydrogen) atoms. The van der Waals surface area contributed by atoms with E-state index in [0.29, 0.717) is 0 Å². The fraction of sp³-hybridized carbons (Fsp3) is 0.857. The topological polar surface area (TPSA) is 69.8 Å². The first kappa shape index (κ1) is 11.2. The lowest BCUT2D eigenvalue weighted by Gasteiger charge is -2.28. The standard InChI is InChI=1S/C6H14N2.CH3NO2/c1-7-3-5-8(2)6-4-7;2-1(3)4/h3-6H2,1-2H3;2H2,(H,3,4). The number of hydrogen-bond donors (Lipinski definition) is 2. The Labute approximate surface area is 72.7 Å². The second-order valence-corrected chi connectivity index (χ2v) is 2.94. The number of likely N-dealkylation sites (N-methyl/N-ethyl adjacent to an activating group) is 2. The average Bonchev–Trinajstić information content (AvgIpc) is 1.94. The summed E-state index contributed by atoms with van der Waals surface area (Å²) in [5, 5.41) is 7.19. The number of nitrogens with two attached hydrogens (primary N) is 1. The van der Waals surface area contributed by atoms with Gasteiger partial charge in [-0.2, -0.15) is 0 Å². The van der Waals surface area contributed by atoms with Crippen LogP contribution in [0.2, 0.25) is 0 Å². The van der Waals surface area contributed by atoms with Crippen molar-refractivity contribution in [2.75, 3.05) is 40.3 Å². The summed E-state index contributed by atoms with van der Waals surface area (Å²) in [5.41, 5.74) is 4.03. The van der Waals surface area contributed by atoms with Crippen LogP contribution >= 0.6 is 0 Å². The lowest BCUT2D eigenvalue weighted by Crippen LogP contribution is -2.42. The lowest BCUT2D eigenvalue weighted by molar-refractivity contribution is 0.181. The molecule has 5 nitrogen and oxygen atoms in total. The van der Waals surface area contributed by atoms with E-state index in [-0.39, 0.29) is 0 Å². The predicted molar refractivity (Wildman–Crippen MR) is 47.2 cm³/mol. The van der Waals surface area contributed by atoms with Crippen LogP contribution in [0.25, 0.3) is 0 Å². The molecule has 1 amide bonds. The van der Waals surface area contributed by atoms with Gasteiger partial charge in [-0.3, -0.25) is 0 Å². The van der Waals surface area contributed by atoms with Crippen LogP contribution in [-0.4, -0.2) is 61.3 Å². The number of primary amides is 1. The van der Waals surface area contributed by atoms with Gasteiger partial charge in [0.05, 0.1) is 0 Å². The minimum atomic E-state index is -1.33. The van der Waals surface area contributed by atoms with Crippen LogP contribution in [0.4, 0.5) is 4.79 Å². The van der Waals surface area contributed by atoms with Crippen LogP contribution in [-0.2, 0) is 0 Å². The number of carboxylic acid groups (broad SMARTS) is 1. The Balaban J connectivity index is 0.000000261. The van der Waals surface area contributed by atoms with Crippen molar-refractivity contribution in [1.82, 2.24) is 9.80 Å². The van der Waals surface area contributed by atoms with Gasteiger partial charge in [-0.1, -0.05) is 0 Å². The third-order valence-corrected chi connectivity index (χ3v) is 1.73. The molecule has 0 bridgehead atoms. The van der Waals surface area contributed by atoms with E-state index in [4.69, 9.17) is 9.90 Å². The number of amides is 1.